The van der Waals surface area contributed by atoms with Crippen molar-refractivity contribution in [2.75, 3.05) is 25.6 Å². The van der Waals surface area contributed by atoms with Crippen LogP contribution in [0.4, 0.5) is 4.79 Å². The molecule has 0 bridgehead atoms. The molecule has 2 amide bonds. The van der Waals surface area contributed by atoms with Crippen LogP contribution in [0, 0.1) is 17.2 Å². The van der Waals surface area contributed by atoms with Gasteiger partial charge in [0.15, 0.2) is 5.75 Å². The van der Waals surface area contributed by atoms with Gasteiger partial charge >= 0.3 is 6.09 Å². The van der Waals surface area contributed by atoms with E-state index in [1.54, 1.807) is 11.0 Å². The first-order valence-corrected chi connectivity index (χ1v) is 12.3. The van der Waals surface area contributed by atoms with Crippen LogP contribution in [0.3, 0.4) is 0 Å². The second-order valence-electron chi connectivity index (χ2n) is 9.48. The Bertz CT molecular complexity index is 931. The second-order valence-corrected chi connectivity index (χ2v) is 10.2. The SMILES string of the molecule is CC(C)(C)OC(=O)N1CCC(C(=O)NC2CCCc3c2cc(C#N)c(OCCCl)c3Cl)CC1. The molecule has 1 aromatic carbocycles. The molecule has 1 atom stereocenters. The van der Waals surface area contributed by atoms with Crippen LogP contribution in [0.5, 0.6) is 5.75 Å². The number of rotatable bonds is 5. The highest BCUT2D eigenvalue weighted by molar-refractivity contribution is 6.33. The minimum atomic E-state index is -0.544. The fraction of sp³-hybridized carbons (Fsp3) is 0.625. The van der Waals surface area contributed by atoms with Crippen LogP contribution in [0.15, 0.2) is 6.07 Å². The molecule has 180 valence electrons. The van der Waals surface area contributed by atoms with E-state index in [-0.39, 0.29) is 30.6 Å². The third-order valence-corrected chi connectivity index (χ3v) is 6.48. The first kappa shape index (κ1) is 25.5. The van der Waals surface area contributed by atoms with Crippen LogP contribution in [0.1, 0.15) is 69.2 Å². The van der Waals surface area contributed by atoms with Crippen molar-refractivity contribution in [3.63, 3.8) is 0 Å². The van der Waals surface area contributed by atoms with E-state index in [0.717, 1.165) is 30.4 Å². The predicted molar refractivity (Wildman–Crippen MR) is 127 cm³/mol. The molecule has 0 aromatic heterocycles. The van der Waals surface area contributed by atoms with Gasteiger partial charge in [-0.25, -0.2) is 4.79 Å². The van der Waals surface area contributed by atoms with Crippen LogP contribution in [-0.2, 0) is 16.0 Å². The number of nitrogens with one attached hydrogen (secondary N) is 1. The Morgan fingerprint density at radius 3 is 2.58 bits per heavy atom. The molecule has 0 spiro atoms. The maximum absolute atomic E-state index is 13.0. The van der Waals surface area contributed by atoms with Crippen LogP contribution in [0.25, 0.3) is 0 Å². The quantitative estimate of drug-likeness (QED) is 0.582. The summed E-state index contributed by atoms with van der Waals surface area (Å²) in [5.41, 5.74) is 1.59. The fourth-order valence-electron chi connectivity index (χ4n) is 4.35. The molecule has 1 fully saturated rings. The Morgan fingerprint density at radius 2 is 1.97 bits per heavy atom. The first-order valence-electron chi connectivity index (χ1n) is 11.4. The van der Waals surface area contributed by atoms with Gasteiger partial charge in [-0.15, -0.1) is 11.6 Å². The van der Waals surface area contributed by atoms with E-state index in [9.17, 15) is 14.9 Å². The molecule has 1 aromatic rings. The summed E-state index contributed by atoms with van der Waals surface area (Å²) in [6.45, 7) is 6.75. The molecule has 0 saturated carbocycles. The molecule has 2 aliphatic rings. The number of hydrogen-bond acceptors (Lipinski definition) is 5. The van der Waals surface area contributed by atoms with Crippen molar-refractivity contribution < 1.29 is 19.1 Å². The van der Waals surface area contributed by atoms with Crippen LogP contribution < -0.4 is 10.1 Å². The molecular formula is C24H31Cl2N3O4. The lowest BCUT2D eigenvalue weighted by atomic mass is 9.85. The Kier molecular flexibility index (Phi) is 8.36. The van der Waals surface area contributed by atoms with Crippen LogP contribution in [-0.4, -0.2) is 48.1 Å². The number of hydrogen-bond donors (Lipinski definition) is 1. The molecule has 7 nitrogen and oxygen atoms in total. The van der Waals surface area contributed by atoms with Crippen molar-refractivity contribution in [2.24, 2.45) is 5.92 Å². The number of fused-ring (bicyclic) bond motifs is 1. The molecule has 1 aliphatic heterocycles. The van der Waals surface area contributed by atoms with Gasteiger partial charge in [0, 0.05) is 19.0 Å². The van der Waals surface area contributed by atoms with Gasteiger partial charge in [-0.2, -0.15) is 5.26 Å². The highest BCUT2D eigenvalue weighted by atomic mass is 35.5. The topological polar surface area (TPSA) is 91.7 Å². The summed E-state index contributed by atoms with van der Waals surface area (Å²) in [6.07, 6.45) is 3.24. The van der Waals surface area contributed by atoms with Crippen LogP contribution >= 0.6 is 23.2 Å². The molecular weight excluding hydrogens is 465 g/mol. The summed E-state index contributed by atoms with van der Waals surface area (Å²) in [4.78, 5) is 27.0. The first-order chi connectivity index (χ1) is 15.6. The van der Waals surface area contributed by atoms with Gasteiger partial charge in [0.2, 0.25) is 5.91 Å². The van der Waals surface area contributed by atoms with Crippen molar-refractivity contribution in [3.8, 4) is 11.8 Å². The van der Waals surface area contributed by atoms with Crippen molar-refractivity contribution in [3.05, 3.63) is 27.8 Å². The highest BCUT2D eigenvalue weighted by Crippen LogP contribution is 2.41. The Hall–Kier alpha value is -2.17. The maximum Gasteiger partial charge on any atom is 0.410 e. The number of carbonyl (C=O) groups excluding carboxylic acids is 2. The lowest BCUT2D eigenvalue weighted by Gasteiger charge is -2.34. The fourth-order valence-corrected chi connectivity index (χ4v) is 4.79. The summed E-state index contributed by atoms with van der Waals surface area (Å²) >= 11 is 12.3. The third-order valence-electron chi connectivity index (χ3n) is 5.93. The van der Waals surface area contributed by atoms with Gasteiger partial charge in [-0.1, -0.05) is 11.6 Å². The Morgan fingerprint density at radius 1 is 1.27 bits per heavy atom. The average Bonchev–Trinajstić information content (AvgIpc) is 2.77. The number of nitriles is 1. The molecule has 1 unspecified atom stereocenters. The zero-order valence-corrected chi connectivity index (χ0v) is 20.9. The summed E-state index contributed by atoms with van der Waals surface area (Å²) in [5, 5.41) is 13.2. The summed E-state index contributed by atoms with van der Waals surface area (Å²) < 4.78 is 11.1. The number of piperidine rings is 1. The zero-order valence-electron chi connectivity index (χ0n) is 19.4. The van der Waals surface area contributed by atoms with Gasteiger partial charge < -0.3 is 19.7 Å². The van der Waals surface area contributed by atoms with Gasteiger partial charge in [0.05, 0.1) is 22.5 Å². The zero-order chi connectivity index (χ0) is 24.2. The molecule has 0 radical (unpaired) electrons. The molecule has 9 heteroatoms. The normalized spacial score (nSPS) is 18.8. The van der Waals surface area contributed by atoms with Gasteiger partial charge in [-0.05, 0) is 70.1 Å². The summed E-state index contributed by atoms with van der Waals surface area (Å²) in [5.74, 6) is 0.448. The number of likely N-dealkylation sites (tertiary alicyclic amines) is 1. The van der Waals surface area contributed by atoms with E-state index in [1.165, 1.54) is 0 Å². The van der Waals surface area contributed by atoms with E-state index in [0.29, 0.717) is 48.1 Å². The predicted octanol–water partition coefficient (Wildman–Crippen LogP) is 4.97. The Labute approximate surface area is 205 Å². The minimum absolute atomic E-state index is 0.0335. The number of amides is 2. The van der Waals surface area contributed by atoms with E-state index < -0.39 is 5.60 Å². The number of alkyl halides is 1. The molecule has 1 N–H and O–H groups in total. The van der Waals surface area contributed by atoms with Crippen molar-refractivity contribution in [1.29, 1.82) is 5.26 Å². The van der Waals surface area contributed by atoms with Gasteiger partial charge in [-0.3, -0.25) is 4.79 Å². The highest BCUT2D eigenvalue weighted by Gasteiger charge is 2.33. The van der Waals surface area contributed by atoms with Gasteiger partial charge in [0.1, 0.15) is 18.3 Å². The number of ether oxygens (including phenoxy) is 2. The number of carbonyl (C=O) groups is 2. The average molecular weight is 496 g/mol. The summed E-state index contributed by atoms with van der Waals surface area (Å²) in [6, 6.07) is 3.72. The Balaban J connectivity index is 1.67. The number of nitrogens with zero attached hydrogens (tertiary/aromatic N) is 2. The molecule has 1 saturated heterocycles. The van der Waals surface area contributed by atoms with Crippen molar-refractivity contribution in [1.82, 2.24) is 10.2 Å². The van der Waals surface area contributed by atoms with E-state index in [4.69, 9.17) is 32.7 Å². The second kappa shape index (κ2) is 10.8. The van der Waals surface area contributed by atoms with Gasteiger partial charge in [0.25, 0.3) is 0 Å². The van der Waals surface area contributed by atoms with Crippen LogP contribution in [0.2, 0.25) is 5.02 Å². The van der Waals surface area contributed by atoms with E-state index in [1.807, 2.05) is 20.8 Å². The number of benzene rings is 1. The third kappa shape index (κ3) is 6.24. The maximum atomic E-state index is 13.0. The van der Waals surface area contributed by atoms with E-state index >= 15 is 0 Å². The molecule has 1 heterocycles. The molecule has 3 rings (SSSR count). The minimum Gasteiger partial charge on any atom is -0.489 e. The number of halogens is 2. The van der Waals surface area contributed by atoms with E-state index in [2.05, 4.69) is 11.4 Å². The van der Waals surface area contributed by atoms with Crippen molar-refractivity contribution in [2.45, 2.75) is 64.5 Å². The lowest BCUT2D eigenvalue weighted by molar-refractivity contribution is -0.127. The molecule has 1 aliphatic carbocycles. The standard InChI is InChI=1S/C24H31Cl2N3O4/c1-24(2,3)33-23(31)29-10-7-15(8-11-29)22(30)28-19-6-4-5-17-18(19)13-16(14-27)21(20(17)26)32-12-9-25/h13,15,19H,4-12H2,1-3H3,(H,28,30). The lowest BCUT2D eigenvalue weighted by Crippen LogP contribution is -2.45. The molecule has 33 heavy (non-hydrogen) atoms. The summed E-state index contributed by atoms with van der Waals surface area (Å²) in [7, 11) is 0. The van der Waals surface area contributed by atoms with Crippen molar-refractivity contribution >= 4 is 35.2 Å². The monoisotopic (exact) mass is 495 g/mol. The largest absolute Gasteiger partial charge is 0.489 e. The smallest absolute Gasteiger partial charge is 0.410 e.